The van der Waals surface area contributed by atoms with Gasteiger partial charge in [-0.3, -0.25) is 9.59 Å². The van der Waals surface area contributed by atoms with Gasteiger partial charge in [-0.1, -0.05) is 30.3 Å². The van der Waals surface area contributed by atoms with Crippen LogP contribution in [-0.2, 0) is 22.6 Å². The first-order valence-electron chi connectivity index (χ1n) is 10.5. The third-order valence-electron chi connectivity index (χ3n) is 6.27. The fourth-order valence-electron chi connectivity index (χ4n) is 4.32. The Bertz CT molecular complexity index is 941. The number of piperazine rings is 1. The third kappa shape index (κ3) is 4.19. The summed E-state index contributed by atoms with van der Waals surface area (Å²) in [4.78, 5) is 27.5. The Balaban J connectivity index is 1.37. The van der Waals surface area contributed by atoms with Crippen LogP contribution in [0.2, 0.25) is 0 Å². The van der Waals surface area contributed by atoms with Crippen LogP contribution in [0.4, 0.5) is 0 Å². The monoisotopic (exact) mass is 407 g/mol. The quantitative estimate of drug-likeness (QED) is 0.770. The first-order valence-corrected chi connectivity index (χ1v) is 10.5. The van der Waals surface area contributed by atoms with Gasteiger partial charge in [0.05, 0.1) is 7.11 Å². The third-order valence-corrected chi connectivity index (χ3v) is 6.27. The summed E-state index contributed by atoms with van der Waals surface area (Å²) in [7, 11) is 1.62. The summed E-state index contributed by atoms with van der Waals surface area (Å²) >= 11 is 0. The number of benzene rings is 2. The number of ether oxygens (including phenoxy) is 1. The molecule has 0 aliphatic carbocycles. The minimum absolute atomic E-state index is 0.00546. The van der Waals surface area contributed by atoms with E-state index in [0.717, 1.165) is 17.9 Å². The zero-order chi connectivity index (χ0) is 21.3. The van der Waals surface area contributed by atoms with Crippen molar-refractivity contribution in [1.29, 1.82) is 0 Å². The Morgan fingerprint density at radius 3 is 2.50 bits per heavy atom. The number of aryl methyl sites for hydroxylation is 2. The summed E-state index contributed by atoms with van der Waals surface area (Å²) in [5.74, 6) is 0.726. The van der Waals surface area contributed by atoms with E-state index in [9.17, 15) is 9.59 Å². The molecule has 2 saturated heterocycles. The van der Waals surface area contributed by atoms with Gasteiger partial charge in [0.1, 0.15) is 17.8 Å². The van der Waals surface area contributed by atoms with Gasteiger partial charge in [0.2, 0.25) is 11.8 Å². The van der Waals surface area contributed by atoms with E-state index >= 15 is 0 Å². The summed E-state index contributed by atoms with van der Waals surface area (Å²) in [5.41, 5.74) is 4.77. The molecular formula is C24H29N3O3. The van der Waals surface area contributed by atoms with Gasteiger partial charge in [0, 0.05) is 25.6 Å². The van der Waals surface area contributed by atoms with E-state index in [1.165, 1.54) is 16.7 Å². The van der Waals surface area contributed by atoms with Crippen LogP contribution in [0.25, 0.3) is 0 Å². The summed E-state index contributed by atoms with van der Waals surface area (Å²) in [6.45, 7) is 5.52. The standard InChI is InChI=1S/C24H29N3O3/c1-15-4-5-18(10-16(15)2)13-25-19-12-22-23(28)26-21(24(29)27(22)14-19)11-17-6-8-20(30-3)9-7-17/h4-10,19,21-22,25H,11-14H2,1-3H3,(H,26,28)/t19-,21-,22-/m0/s1. The van der Waals surface area contributed by atoms with Crippen molar-refractivity contribution in [1.82, 2.24) is 15.5 Å². The highest BCUT2D eigenvalue weighted by molar-refractivity contribution is 5.97. The Morgan fingerprint density at radius 2 is 1.80 bits per heavy atom. The highest BCUT2D eigenvalue weighted by atomic mass is 16.5. The summed E-state index contributed by atoms with van der Waals surface area (Å²) < 4.78 is 5.18. The number of fused-ring (bicyclic) bond motifs is 1. The molecule has 0 aromatic heterocycles. The highest BCUT2D eigenvalue weighted by Crippen LogP contribution is 2.25. The normalized spacial score (nSPS) is 23.3. The van der Waals surface area contributed by atoms with Gasteiger partial charge in [-0.15, -0.1) is 0 Å². The number of amides is 2. The predicted molar refractivity (Wildman–Crippen MR) is 115 cm³/mol. The molecule has 2 heterocycles. The van der Waals surface area contributed by atoms with Crippen molar-refractivity contribution >= 4 is 11.8 Å². The van der Waals surface area contributed by atoms with Crippen LogP contribution in [0, 0.1) is 13.8 Å². The predicted octanol–water partition coefficient (Wildman–Crippen LogP) is 2.11. The molecule has 4 rings (SSSR count). The Kier molecular flexibility index (Phi) is 5.77. The number of rotatable bonds is 6. The van der Waals surface area contributed by atoms with Gasteiger partial charge in [-0.2, -0.15) is 0 Å². The molecule has 2 fully saturated rings. The second kappa shape index (κ2) is 8.48. The number of hydrogen-bond donors (Lipinski definition) is 2. The molecule has 0 radical (unpaired) electrons. The average Bonchev–Trinajstić information content (AvgIpc) is 3.18. The Labute approximate surface area is 177 Å². The van der Waals surface area contributed by atoms with Crippen LogP contribution in [0.1, 0.15) is 28.7 Å². The number of methoxy groups -OCH3 is 1. The smallest absolute Gasteiger partial charge is 0.246 e. The van der Waals surface area contributed by atoms with Crippen molar-refractivity contribution in [2.75, 3.05) is 13.7 Å². The summed E-state index contributed by atoms with van der Waals surface area (Å²) in [5, 5.41) is 6.46. The number of hydrogen-bond acceptors (Lipinski definition) is 4. The number of nitrogens with zero attached hydrogens (tertiary/aromatic N) is 1. The molecule has 0 bridgehead atoms. The second-order valence-electron chi connectivity index (χ2n) is 8.35. The van der Waals surface area contributed by atoms with E-state index in [1.54, 1.807) is 12.0 Å². The van der Waals surface area contributed by atoms with Crippen molar-refractivity contribution in [3.8, 4) is 5.75 Å². The molecule has 6 heteroatoms. The van der Waals surface area contributed by atoms with Gasteiger partial charge in [0.25, 0.3) is 0 Å². The first-order chi connectivity index (χ1) is 14.4. The lowest BCUT2D eigenvalue weighted by molar-refractivity contribution is -0.147. The molecule has 6 nitrogen and oxygen atoms in total. The minimum atomic E-state index is -0.513. The molecule has 2 aliphatic rings. The molecule has 2 N–H and O–H groups in total. The van der Waals surface area contributed by atoms with Crippen LogP contribution >= 0.6 is 0 Å². The topological polar surface area (TPSA) is 70.7 Å². The van der Waals surface area contributed by atoms with Crippen molar-refractivity contribution in [2.45, 2.75) is 51.4 Å². The fourth-order valence-corrected chi connectivity index (χ4v) is 4.32. The Morgan fingerprint density at radius 1 is 1.07 bits per heavy atom. The molecule has 2 aromatic carbocycles. The maximum Gasteiger partial charge on any atom is 0.246 e. The lowest BCUT2D eigenvalue weighted by atomic mass is 10.0. The van der Waals surface area contributed by atoms with E-state index in [2.05, 4.69) is 42.7 Å². The zero-order valence-electron chi connectivity index (χ0n) is 17.8. The maximum absolute atomic E-state index is 13.0. The first kappa shape index (κ1) is 20.4. The van der Waals surface area contributed by atoms with Crippen LogP contribution in [0.5, 0.6) is 5.75 Å². The molecule has 3 atom stereocenters. The van der Waals surface area contributed by atoms with Crippen molar-refractivity contribution < 1.29 is 14.3 Å². The molecule has 30 heavy (non-hydrogen) atoms. The van der Waals surface area contributed by atoms with Crippen molar-refractivity contribution in [2.24, 2.45) is 0 Å². The molecule has 158 valence electrons. The van der Waals surface area contributed by atoms with Gasteiger partial charge in [-0.05, 0) is 54.7 Å². The van der Waals surface area contributed by atoms with Gasteiger partial charge >= 0.3 is 0 Å². The lowest BCUT2D eigenvalue weighted by Gasteiger charge is -2.34. The molecule has 0 saturated carbocycles. The van der Waals surface area contributed by atoms with Crippen LogP contribution < -0.4 is 15.4 Å². The van der Waals surface area contributed by atoms with E-state index in [4.69, 9.17) is 4.74 Å². The number of nitrogens with one attached hydrogen (secondary N) is 2. The highest BCUT2D eigenvalue weighted by Gasteiger charge is 2.46. The van der Waals surface area contributed by atoms with E-state index < -0.39 is 6.04 Å². The largest absolute Gasteiger partial charge is 0.497 e. The number of carbonyl (C=O) groups excluding carboxylic acids is 2. The average molecular weight is 408 g/mol. The van der Waals surface area contributed by atoms with Crippen LogP contribution in [-0.4, -0.2) is 48.5 Å². The van der Waals surface area contributed by atoms with Crippen LogP contribution in [0.3, 0.4) is 0 Å². The maximum atomic E-state index is 13.0. The van der Waals surface area contributed by atoms with E-state index in [0.29, 0.717) is 19.4 Å². The molecule has 0 unspecified atom stereocenters. The lowest BCUT2D eigenvalue weighted by Crippen LogP contribution is -2.61. The second-order valence-corrected chi connectivity index (χ2v) is 8.35. The van der Waals surface area contributed by atoms with Crippen molar-refractivity contribution in [3.05, 3.63) is 64.7 Å². The molecule has 2 aliphatic heterocycles. The molecule has 2 aromatic rings. The van der Waals surface area contributed by atoms with Crippen molar-refractivity contribution in [3.63, 3.8) is 0 Å². The fraction of sp³-hybridized carbons (Fsp3) is 0.417. The van der Waals surface area contributed by atoms with Crippen LogP contribution in [0.15, 0.2) is 42.5 Å². The van der Waals surface area contributed by atoms with Gasteiger partial charge in [-0.25, -0.2) is 0 Å². The SMILES string of the molecule is COc1ccc(C[C@@H]2NC(=O)[C@@H]3C[C@H](NCc4ccc(C)c(C)c4)CN3C2=O)cc1. The molecule has 2 amide bonds. The zero-order valence-corrected chi connectivity index (χ0v) is 17.8. The molecular weight excluding hydrogens is 378 g/mol. The van der Waals surface area contributed by atoms with Gasteiger partial charge in [0.15, 0.2) is 0 Å². The summed E-state index contributed by atoms with van der Waals surface area (Å²) in [6, 6.07) is 13.3. The van der Waals surface area contributed by atoms with Gasteiger partial charge < -0.3 is 20.3 Å². The molecule has 0 spiro atoms. The van der Waals surface area contributed by atoms with E-state index in [-0.39, 0.29) is 23.9 Å². The van der Waals surface area contributed by atoms with E-state index in [1.807, 2.05) is 24.3 Å². The number of carbonyl (C=O) groups is 2. The minimum Gasteiger partial charge on any atom is -0.497 e. The summed E-state index contributed by atoms with van der Waals surface area (Å²) in [6.07, 6.45) is 1.14. The Hall–Kier alpha value is -2.86.